The largest absolute Gasteiger partial charge is 0.480 e. The lowest BCUT2D eigenvalue weighted by molar-refractivity contribution is -0.145. The van der Waals surface area contributed by atoms with Gasteiger partial charge >= 0.3 is 5.97 Å². The molecule has 0 fully saturated rings. The molecule has 0 radical (unpaired) electrons. The van der Waals surface area contributed by atoms with Crippen molar-refractivity contribution in [2.24, 2.45) is 0 Å². The molecular formula is C16H25NO3S. The molecule has 0 saturated carbocycles. The molecule has 3 N–H and O–H groups in total. The van der Waals surface area contributed by atoms with Gasteiger partial charge in [0, 0.05) is 6.61 Å². The summed E-state index contributed by atoms with van der Waals surface area (Å²) in [7, 11) is 0. The number of carboxylic acids is 1. The maximum Gasteiger partial charge on any atom is 0.328 e. The van der Waals surface area contributed by atoms with Crippen LogP contribution in [-0.2, 0) is 10.3 Å². The Morgan fingerprint density at radius 1 is 1.29 bits per heavy atom. The van der Waals surface area contributed by atoms with Crippen LogP contribution in [0, 0.1) is 0 Å². The summed E-state index contributed by atoms with van der Waals surface area (Å²) in [6.45, 7) is 2.88. The van der Waals surface area contributed by atoms with Crippen LogP contribution in [0.3, 0.4) is 0 Å². The van der Waals surface area contributed by atoms with Crippen LogP contribution in [0.25, 0.3) is 0 Å². The van der Waals surface area contributed by atoms with Crippen molar-refractivity contribution in [3.8, 4) is 0 Å². The Hall–Kier alpha value is -1.04. The van der Waals surface area contributed by atoms with E-state index in [1.54, 1.807) is 11.8 Å². The Bertz CT molecular complexity index is 413. The molecule has 21 heavy (non-hydrogen) atoms. The molecule has 0 aromatic heterocycles. The van der Waals surface area contributed by atoms with E-state index in [2.05, 4.69) is 5.32 Å². The molecule has 0 heterocycles. The molecule has 0 aliphatic rings. The zero-order chi connectivity index (χ0) is 15.6. The average Bonchev–Trinajstić information content (AvgIpc) is 2.51. The van der Waals surface area contributed by atoms with Crippen molar-refractivity contribution in [2.75, 3.05) is 24.7 Å². The fraction of sp³-hybridized carbons (Fsp3) is 0.562. The normalized spacial score (nSPS) is 13.8. The molecule has 0 aliphatic carbocycles. The standard InChI is InChI=1S/C16H25NO3S/c1-2-10-17-16(15(19)20,9-13-21-12-6-11-18)14-7-4-3-5-8-14/h3-5,7-8,17-18H,2,6,9-13H2,1H3,(H,19,20). The predicted octanol–water partition coefficient (Wildman–Crippen LogP) is 2.47. The van der Waals surface area contributed by atoms with Crippen molar-refractivity contribution in [1.29, 1.82) is 0 Å². The molecule has 1 aromatic rings. The molecule has 5 heteroatoms. The van der Waals surface area contributed by atoms with Gasteiger partial charge in [0.1, 0.15) is 5.54 Å². The van der Waals surface area contributed by atoms with E-state index in [9.17, 15) is 9.90 Å². The highest BCUT2D eigenvalue weighted by molar-refractivity contribution is 7.99. The number of carbonyl (C=O) groups is 1. The summed E-state index contributed by atoms with van der Waals surface area (Å²) >= 11 is 1.69. The van der Waals surface area contributed by atoms with E-state index in [-0.39, 0.29) is 6.61 Å². The van der Waals surface area contributed by atoms with Crippen LogP contribution in [0.4, 0.5) is 0 Å². The molecule has 1 aromatic carbocycles. The molecule has 0 aliphatic heterocycles. The second kappa shape index (κ2) is 9.82. The Labute approximate surface area is 131 Å². The first-order valence-corrected chi connectivity index (χ1v) is 8.55. The van der Waals surface area contributed by atoms with Crippen molar-refractivity contribution in [1.82, 2.24) is 5.32 Å². The molecule has 1 atom stereocenters. The first-order valence-electron chi connectivity index (χ1n) is 7.40. The molecule has 4 nitrogen and oxygen atoms in total. The Morgan fingerprint density at radius 3 is 2.57 bits per heavy atom. The second-order valence-electron chi connectivity index (χ2n) is 4.94. The van der Waals surface area contributed by atoms with Crippen LogP contribution in [0.5, 0.6) is 0 Å². The molecule has 0 amide bonds. The topological polar surface area (TPSA) is 69.6 Å². The van der Waals surface area contributed by atoms with Crippen LogP contribution in [0.2, 0.25) is 0 Å². The average molecular weight is 311 g/mol. The van der Waals surface area contributed by atoms with Gasteiger partial charge in [-0.15, -0.1) is 0 Å². The fourth-order valence-corrected chi connectivity index (χ4v) is 3.18. The summed E-state index contributed by atoms with van der Waals surface area (Å²) in [6.07, 6.45) is 2.17. The molecular weight excluding hydrogens is 286 g/mol. The minimum absolute atomic E-state index is 0.184. The first-order chi connectivity index (χ1) is 10.2. The number of nitrogens with one attached hydrogen (secondary N) is 1. The molecule has 1 unspecified atom stereocenters. The van der Waals surface area contributed by atoms with Crippen molar-refractivity contribution in [3.63, 3.8) is 0 Å². The van der Waals surface area contributed by atoms with Crippen LogP contribution in [0.1, 0.15) is 31.7 Å². The zero-order valence-electron chi connectivity index (χ0n) is 12.5. The minimum Gasteiger partial charge on any atom is -0.480 e. The zero-order valence-corrected chi connectivity index (χ0v) is 13.4. The van der Waals surface area contributed by atoms with E-state index in [1.165, 1.54) is 0 Å². The fourth-order valence-electron chi connectivity index (χ4n) is 2.20. The van der Waals surface area contributed by atoms with E-state index in [0.29, 0.717) is 13.0 Å². The first kappa shape index (κ1) is 18.0. The van der Waals surface area contributed by atoms with Gasteiger partial charge in [-0.2, -0.15) is 11.8 Å². The lowest BCUT2D eigenvalue weighted by Crippen LogP contribution is -2.50. The number of rotatable bonds is 11. The lowest BCUT2D eigenvalue weighted by Gasteiger charge is -2.31. The van der Waals surface area contributed by atoms with Crippen molar-refractivity contribution in [2.45, 2.75) is 31.7 Å². The molecule has 0 bridgehead atoms. The lowest BCUT2D eigenvalue weighted by atomic mass is 9.87. The quantitative estimate of drug-likeness (QED) is 0.548. The van der Waals surface area contributed by atoms with E-state index in [0.717, 1.165) is 29.9 Å². The number of benzene rings is 1. The summed E-state index contributed by atoms with van der Waals surface area (Å²) < 4.78 is 0. The van der Waals surface area contributed by atoms with Gasteiger partial charge in [-0.1, -0.05) is 37.3 Å². The van der Waals surface area contributed by atoms with Gasteiger partial charge in [-0.3, -0.25) is 5.32 Å². The number of aliphatic hydroxyl groups is 1. The highest BCUT2D eigenvalue weighted by atomic mass is 32.2. The highest BCUT2D eigenvalue weighted by Crippen LogP contribution is 2.27. The summed E-state index contributed by atoms with van der Waals surface area (Å²) in [4.78, 5) is 11.9. The summed E-state index contributed by atoms with van der Waals surface area (Å²) in [5.74, 6) is 0.775. The third-order valence-electron chi connectivity index (χ3n) is 3.38. The number of aliphatic carboxylic acids is 1. The van der Waals surface area contributed by atoms with E-state index in [1.807, 2.05) is 37.3 Å². The summed E-state index contributed by atoms with van der Waals surface area (Å²) in [5, 5.41) is 21.8. The van der Waals surface area contributed by atoms with Crippen molar-refractivity contribution in [3.05, 3.63) is 35.9 Å². The Balaban J connectivity index is 2.83. The maximum atomic E-state index is 11.9. The predicted molar refractivity (Wildman–Crippen MR) is 87.7 cm³/mol. The van der Waals surface area contributed by atoms with Crippen molar-refractivity contribution >= 4 is 17.7 Å². The van der Waals surface area contributed by atoms with Gasteiger partial charge in [0.25, 0.3) is 0 Å². The third kappa shape index (κ3) is 5.34. The van der Waals surface area contributed by atoms with Gasteiger partial charge in [-0.05, 0) is 42.9 Å². The second-order valence-corrected chi connectivity index (χ2v) is 6.17. The molecule has 118 valence electrons. The number of carboxylic acid groups (broad SMARTS) is 1. The SMILES string of the molecule is CCCNC(CCSCCCO)(C(=O)O)c1ccccc1. The van der Waals surface area contributed by atoms with Gasteiger partial charge in [-0.25, -0.2) is 4.79 Å². The number of hydrogen-bond donors (Lipinski definition) is 3. The smallest absolute Gasteiger partial charge is 0.328 e. The summed E-state index contributed by atoms with van der Waals surface area (Å²) in [6, 6.07) is 9.38. The third-order valence-corrected chi connectivity index (χ3v) is 4.45. The van der Waals surface area contributed by atoms with Crippen molar-refractivity contribution < 1.29 is 15.0 Å². The number of aliphatic hydroxyl groups excluding tert-OH is 1. The van der Waals surface area contributed by atoms with Crippen LogP contribution in [0.15, 0.2) is 30.3 Å². The number of thioether (sulfide) groups is 1. The number of hydrogen-bond acceptors (Lipinski definition) is 4. The van der Waals surface area contributed by atoms with Gasteiger partial charge < -0.3 is 10.2 Å². The minimum atomic E-state index is -1.02. The van der Waals surface area contributed by atoms with E-state index in [4.69, 9.17) is 5.11 Å². The maximum absolute atomic E-state index is 11.9. The highest BCUT2D eigenvalue weighted by Gasteiger charge is 2.39. The van der Waals surface area contributed by atoms with Gasteiger partial charge in [0.2, 0.25) is 0 Å². The molecule has 0 spiro atoms. The summed E-state index contributed by atoms with van der Waals surface area (Å²) in [5.41, 5.74) is -0.225. The van der Waals surface area contributed by atoms with E-state index < -0.39 is 11.5 Å². The van der Waals surface area contributed by atoms with Crippen LogP contribution in [-0.4, -0.2) is 40.8 Å². The molecule has 0 saturated heterocycles. The van der Waals surface area contributed by atoms with Crippen LogP contribution >= 0.6 is 11.8 Å². The van der Waals surface area contributed by atoms with Gasteiger partial charge in [0.05, 0.1) is 0 Å². The molecule has 1 rings (SSSR count). The van der Waals surface area contributed by atoms with E-state index >= 15 is 0 Å². The monoisotopic (exact) mass is 311 g/mol. The van der Waals surface area contributed by atoms with Gasteiger partial charge in [0.15, 0.2) is 0 Å². The Morgan fingerprint density at radius 2 is 2.00 bits per heavy atom. The Kier molecular flexibility index (Phi) is 8.42. The van der Waals surface area contributed by atoms with Crippen LogP contribution < -0.4 is 5.32 Å².